The molecule has 2 heterocycles. The van der Waals surface area contributed by atoms with Gasteiger partial charge in [-0.3, -0.25) is 13.6 Å². The van der Waals surface area contributed by atoms with Gasteiger partial charge in [0, 0.05) is 29.4 Å². The molecule has 0 spiro atoms. The van der Waals surface area contributed by atoms with E-state index in [4.69, 9.17) is 12.2 Å². The van der Waals surface area contributed by atoms with E-state index in [1.807, 2.05) is 5.38 Å². The van der Waals surface area contributed by atoms with Crippen molar-refractivity contribution in [3.8, 4) is 0 Å². The number of hydrogen-bond donors (Lipinski definition) is 1. The van der Waals surface area contributed by atoms with Gasteiger partial charge < -0.3 is 4.98 Å². The number of rotatable bonds is 3. The Morgan fingerprint density at radius 2 is 2.38 bits per heavy atom. The Kier molecular flexibility index (Phi) is 3.36. The van der Waals surface area contributed by atoms with Crippen LogP contribution in [0, 0.1) is 4.77 Å². The van der Waals surface area contributed by atoms with E-state index in [1.165, 1.54) is 15.9 Å². The maximum atomic E-state index is 12.0. The molecule has 0 aliphatic carbocycles. The highest BCUT2D eigenvalue weighted by Gasteiger charge is 2.06. The molecule has 0 saturated carbocycles. The van der Waals surface area contributed by atoms with Crippen molar-refractivity contribution in [1.82, 2.24) is 9.55 Å². The average molecular weight is 274 g/mol. The molecule has 0 bridgehead atoms. The van der Waals surface area contributed by atoms with E-state index < -0.39 is 10.8 Å². The van der Waals surface area contributed by atoms with Crippen molar-refractivity contribution < 1.29 is 4.21 Å². The Labute approximate surface area is 103 Å². The van der Waals surface area contributed by atoms with Crippen LogP contribution in [0.4, 0.5) is 0 Å². The van der Waals surface area contributed by atoms with Crippen LogP contribution in [0.2, 0.25) is 0 Å². The molecule has 7 heteroatoms. The Bertz CT molecular complexity index is 653. The lowest BCUT2D eigenvalue weighted by molar-refractivity contribution is 0.668. The zero-order chi connectivity index (χ0) is 11.7. The predicted molar refractivity (Wildman–Crippen MR) is 70.2 cm³/mol. The molecule has 4 nitrogen and oxygen atoms in total. The molecule has 0 radical (unpaired) electrons. The molecule has 0 saturated heterocycles. The van der Waals surface area contributed by atoms with Gasteiger partial charge in [-0.25, -0.2) is 0 Å². The Morgan fingerprint density at radius 3 is 3.06 bits per heavy atom. The molecule has 0 amide bonds. The molecular formula is C9H10N2O2S3. The number of hydrogen-bond acceptors (Lipinski definition) is 4. The summed E-state index contributed by atoms with van der Waals surface area (Å²) in [5.41, 5.74) is -0.106. The van der Waals surface area contributed by atoms with Crippen LogP contribution in [0.5, 0.6) is 0 Å². The first-order valence-electron chi connectivity index (χ1n) is 4.60. The van der Waals surface area contributed by atoms with E-state index in [2.05, 4.69) is 4.98 Å². The molecule has 16 heavy (non-hydrogen) atoms. The van der Waals surface area contributed by atoms with Crippen molar-refractivity contribution in [2.75, 3.05) is 12.0 Å². The highest BCUT2D eigenvalue weighted by Crippen LogP contribution is 2.13. The molecule has 2 aromatic rings. The fourth-order valence-corrected chi connectivity index (χ4v) is 2.96. The van der Waals surface area contributed by atoms with Crippen LogP contribution in [0.25, 0.3) is 10.2 Å². The Morgan fingerprint density at radius 1 is 1.62 bits per heavy atom. The summed E-state index contributed by atoms with van der Waals surface area (Å²) in [4.78, 5) is 15.8. The van der Waals surface area contributed by atoms with E-state index in [1.54, 1.807) is 12.3 Å². The van der Waals surface area contributed by atoms with Gasteiger partial charge in [0.05, 0.1) is 5.39 Å². The normalized spacial score (nSPS) is 13.1. The second-order valence-corrected chi connectivity index (χ2v) is 6.19. The minimum Gasteiger partial charge on any atom is -0.323 e. The third-order valence-corrected chi connectivity index (χ3v) is 4.12. The van der Waals surface area contributed by atoms with Crippen molar-refractivity contribution in [3.63, 3.8) is 0 Å². The molecule has 0 aliphatic rings. The highest BCUT2D eigenvalue weighted by molar-refractivity contribution is 7.84. The van der Waals surface area contributed by atoms with E-state index in [9.17, 15) is 9.00 Å². The van der Waals surface area contributed by atoms with Gasteiger partial charge in [-0.05, 0) is 23.7 Å². The second kappa shape index (κ2) is 4.60. The second-order valence-electron chi connectivity index (χ2n) is 3.33. The largest absolute Gasteiger partial charge is 0.323 e. The summed E-state index contributed by atoms with van der Waals surface area (Å²) in [5, 5.41) is 2.49. The van der Waals surface area contributed by atoms with Crippen molar-refractivity contribution >= 4 is 44.6 Å². The average Bonchev–Trinajstić information content (AvgIpc) is 2.64. The number of aromatic amines is 1. The quantitative estimate of drug-likeness (QED) is 0.863. The van der Waals surface area contributed by atoms with E-state index in [0.717, 1.165) is 4.83 Å². The van der Waals surface area contributed by atoms with Crippen LogP contribution in [0.15, 0.2) is 16.2 Å². The van der Waals surface area contributed by atoms with E-state index in [0.29, 0.717) is 22.5 Å². The van der Waals surface area contributed by atoms with Crippen LogP contribution >= 0.6 is 23.6 Å². The molecule has 2 rings (SSSR count). The van der Waals surface area contributed by atoms with Crippen molar-refractivity contribution in [2.24, 2.45) is 0 Å². The van der Waals surface area contributed by atoms with Gasteiger partial charge >= 0.3 is 0 Å². The summed E-state index contributed by atoms with van der Waals surface area (Å²) in [5.74, 6) is 0.438. The van der Waals surface area contributed by atoms with Gasteiger partial charge in [-0.15, -0.1) is 11.3 Å². The van der Waals surface area contributed by atoms with Crippen molar-refractivity contribution in [3.05, 3.63) is 26.6 Å². The molecule has 0 fully saturated rings. The monoisotopic (exact) mass is 274 g/mol. The molecule has 86 valence electrons. The van der Waals surface area contributed by atoms with Gasteiger partial charge in [0.1, 0.15) is 4.83 Å². The van der Waals surface area contributed by atoms with Crippen LogP contribution in [0.3, 0.4) is 0 Å². The maximum Gasteiger partial charge on any atom is 0.263 e. The third-order valence-electron chi connectivity index (χ3n) is 2.21. The van der Waals surface area contributed by atoms with Crippen LogP contribution in [0.1, 0.15) is 0 Å². The maximum absolute atomic E-state index is 12.0. The topological polar surface area (TPSA) is 54.9 Å². The number of fused-ring (bicyclic) bond motifs is 1. The first-order chi connectivity index (χ1) is 7.59. The molecule has 0 aliphatic heterocycles. The minimum absolute atomic E-state index is 0.106. The number of nitrogens with one attached hydrogen (secondary N) is 1. The molecule has 1 unspecified atom stereocenters. The fraction of sp³-hybridized carbons (Fsp3) is 0.333. The van der Waals surface area contributed by atoms with Crippen LogP contribution < -0.4 is 5.56 Å². The predicted octanol–water partition coefficient (Wildman–Crippen LogP) is 1.50. The molecule has 1 atom stereocenters. The van der Waals surface area contributed by atoms with Gasteiger partial charge in [-0.2, -0.15) is 0 Å². The lowest BCUT2D eigenvalue weighted by Gasteiger charge is -2.04. The lowest BCUT2D eigenvalue weighted by atomic mass is 10.4. The smallest absolute Gasteiger partial charge is 0.263 e. The summed E-state index contributed by atoms with van der Waals surface area (Å²) < 4.78 is 12.9. The summed E-state index contributed by atoms with van der Waals surface area (Å²) in [6.07, 6.45) is 1.61. The molecule has 2 aromatic heterocycles. The highest BCUT2D eigenvalue weighted by atomic mass is 32.2. The summed E-state index contributed by atoms with van der Waals surface area (Å²) in [6, 6.07) is 1.77. The van der Waals surface area contributed by atoms with Crippen LogP contribution in [-0.4, -0.2) is 25.8 Å². The zero-order valence-corrected chi connectivity index (χ0v) is 11.0. The zero-order valence-electron chi connectivity index (χ0n) is 8.56. The minimum atomic E-state index is -0.924. The molecule has 1 N–H and O–H groups in total. The summed E-state index contributed by atoms with van der Waals surface area (Å²) in [7, 11) is -0.924. The number of aromatic nitrogens is 2. The van der Waals surface area contributed by atoms with E-state index in [-0.39, 0.29) is 5.56 Å². The number of H-pyrrole nitrogens is 1. The fourth-order valence-electron chi connectivity index (χ4n) is 1.40. The lowest BCUT2D eigenvalue weighted by Crippen LogP contribution is -2.24. The van der Waals surface area contributed by atoms with Crippen LogP contribution in [-0.2, 0) is 17.3 Å². The van der Waals surface area contributed by atoms with E-state index >= 15 is 0 Å². The number of thiophene rings is 1. The Balaban J connectivity index is 2.56. The van der Waals surface area contributed by atoms with Crippen molar-refractivity contribution in [1.29, 1.82) is 0 Å². The third kappa shape index (κ3) is 2.16. The standard InChI is InChI=1S/C9H10N2O2S3/c1-16(13)5-3-11-8(12)6-2-4-15-7(6)10-9(11)14/h2,4H,3,5H2,1H3,(H,10,14). The van der Waals surface area contributed by atoms with Gasteiger partial charge in [0.25, 0.3) is 5.56 Å². The van der Waals surface area contributed by atoms with Gasteiger partial charge in [0.2, 0.25) is 0 Å². The first-order valence-corrected chi connectivity index (χ1v) is 7.61. The molecular weight excluding hydrogens is 264 g/mol. The molecule has 0 aromatic carbocycles. The summed E-state index contributed by atoms with van der Waals surface area (Å²) in [6.45, 7) is 0.392. The SMILES string of the molecule is CS(=O)CCn1c(=S)[nH]c2sccc2c1=O. The van der Waals surface area contributed by atoms with Crippen molar-refractivity contribution in [2.45, 2.75) is 6.54 Å². The Hall–Kier alpha value is -0.790. The van der Waals surface area contributed by atoms with Gasteiger partial charge in [0.15, 0.2) is 4.77 Å². The first kappa shape index (κ1) is 11.7. The number of nitrogens with zero attached hydrogens (tertiary/aromatic N) is 1. The summed E-state index contributed by atoms with van der Waals surface area (Å²) >= 11 is 6.55. The van der Waals surface area contributed by atoms with Gasteiger partial charge in [-0.1, -0.05) is 0 Å².